The van der Waals surface area contributed by atoms with E-state index in [1.807, 2.05) is 0 Å². The number of benzene rings is 1. The van der Waals surface area contributed by atoms with Gasteiger partial charge < -0.3 is 15.2 Å². The molecule has 1 aliphatic rings. The van der Waals surface area contributed by atoms with Crippen LogP contribution in [0.3, 0.4) is 0 Å². The molecule has 1 fully saturated rings. The van der Waals surface area contributed by atoms with Crippen molar-refractivity contribution in [2.75, 3.05) is 18.9 Å². The van der Waals surface area contributed by atoms with Crippen LogP contribution < -0.4 is 5.73 Å². The highest BCUT2D eigenvalue weighted by molar-refractivity contribution is 6.39. The smallest absolute Gasteiger partial charge is 0.338 e. The van der Waals surface area contributed by atoms with Gasteiger partial charge in [-0.05, 0) is 31.4 Å². The summed E-state index contributed by atoms with van der Waals surface area (Å²) in [6.45, 7) is 0.972. The zero-order valence-corrected chi connectivity index (χ0v) is 11.8. The van der Waals surface area contributed by atoms with Gasteiger partial charge in [-0.15, -0.1) is 0 Å². The Morgan fingerprint density at radius 1 is 1.37 bits per heavy atom. The highest BCUT2D eigenvalue weighted by Crippen LogP contribution is 2.29. The van der Waals surface area contributed by atoms with E-state index in [4.69, 9.17) is 38.4 Å². The Kier molecular flexibility index (Phi) is 4.91. The predicted molar refractivity (Wildman–Crippen MR) is 74.7 cm³/mol. The second-order valence-electron chi connectivity index (χ2n) is 4.44. The van der Waals surface area contributed by atoms with E-state index in [9.17, 15) is 4.79 Å². The molecule has 2 N–H and O–H groups in total. The van der Waals surface area contributed by atoms with Gasteiger partial charge in [0.2, 0.25) is 0 Å². The molecule has 0 spiro atoms. The lowest BCUT2D eigenvalue weighted by Gasteiger charge is -2.22. The van der Waals surface area contributed by atoms with Gasteiger partial charge in [-0.25, -0.2) is 4.79 Å². The van der Waals surface area contributed by atoms with Crippen molar-refractivity contribution in [3.63, 3.8) is 0 Å². The molecule has 1 atom stereocenters. The second-order valence-corrected chi connectivity index (χ2v) is 5.26. The Hall–Kier alpha value is -0.970. The molecule has 0 bridgehead atoms. The number of nitrogen functional groups attached to an aromatic ring is 1. The summed E-state index contributed by atoms with van der Waals surface area (Å²) in [7, 11) is 0. The van der Waals surface area contributed by atoms with E-state index in [1.54, 1.807) is 0 Å². The first-order valence-electron chi connectivity index (χ1n) is 6.11. The van der Waals surface area contributed by atoms with Crippen LogP contribution in [0.5, 0.6) is 0 Å². The predicted octanol–water partition coefficient (Wildman–Crippen LogP) is 3.30. The van der Waals surface area contributed by atoms with Gasteiger partial charge in [0.1, 0.15) is 6.61 Å². The maximum absolute atomic E-state index is 11.9. The van der Waals surface area contributed by atoms with Crippen molar-refractivity contribution in [1.29, 1.82) is 0 Å². The summed E-state index contributed by atoms with van der Waals surface area (Å²) in [5, 5.41) is 0.488. The van der Waals surface area contributed by atoms with Gasteiger partial charge in [-0.3, -0.25) is 0 Å². The van der Waals surface area contributed by atoms with Gasteiger partial charge in [0.25, 0.3) is 0 Å². The van der Waals surface area contributed by atoms with Gasteiger partial charge >= 0.3 is 5.97 Å². The second kappa shape index (κ2) is 6.46. The number of anilines is 1. The Morgan fingerprint density at radius 2 is 2.05 bits per heavy atom. The Balaban J connectivity index is 1.96. The summed E-state index contributed by atoms with van der Waals surface area (Å²) < 4.78 is 10.7. The molecule has 0 radical (unpaired) electrons. The van der Waals surface area contributed by atoms with E-state index in [1.165, 1.54) is 12.1 Å². The number of esters is 1. The topological polar surface area (TPSA) is 61.6 Å². The number of rotatable bonds is 3. The van der Waals surface area contributed by atoms with E-state index in [0.29, 0.717) is 5.56 Å². The number of ether oxygens (including phenoxy) is 2. The van der Waals surface area contributed by atoms with E-state index >= 15 is 0 Å². The third-order valence-corrected chi connectivity index (χ3v) is 3.61. The standard InChI is InChI=1S/C13H15Cl2NO3/c14-10-5-8(6-11(15)12(10)16)13(17)19-7-9-3-1-2-4-18-9/h5-6,9H,1-4,7,16H2. The average molecular weight is 304 g/mol. The first-order chi connectivity index (χ1) is 9.08. The fraction of sp³-hybridized carbons (Fsp3) is 0.462. The van der Waals surface area contributed by atoms with Crippen molar-refractivity contribution in [3.05, 3.63) is 27.7 Å². The molecule has 2 rings (SSSR count). The maximum Gasteiger partial charge on any atom is 0.338 e. The highest BCUT2D eigenvalue weighted by Gasteiger charge is 2.18. The fourth-order valence-electron chi connectivity index (χ4n) is 1.89. The normalized spacial score (nSPS) is 19.2. The van der Waals surface area contributed by atoms with E-state index < -0.39 is 5.97 Å². The Labute approximate surface area is 121 Å². The summed E-state index contributed by atoms with van der Waals surface area (Å²) in [5.74, 6) is -0.474. The van der Waals surface area contributed by atoms with Gasteiger partial charge in [0.05, 0.1) is 27.4 Å². The number of halogens is 2. The van der Waals surface area contributed by atoms with Gasteiger partial charge in [0, 0.05) is 6.61 Å². The van der Waals surface area contributed by atoms with Gasteiger partial charge in [0.15, 0.2) is 0 Å². The highest BCUT2D eigenvalue weighted by atomic mass is 35.5. The molecular formula is C13H15Cl2NO3. The maximum atomic E-state index is 11.9. The Bertz CT molecular complexity index is 450. The van der Waals surface area contributed by atoms with Crippen LogP contribution in [0.2, 0.25) is 10.0 Å². The molecule has 0 aromatic heterocycles. The first kappa shape index (κ1) is 14.4. The molecule has 0 amide bonds. The lowest BCUT2D eigenvalue weighted by atomic mass is 10.1. The first-order valence-corrected chi connectivity index (χ1v) is 6.87. The molecule has 1 aromatic carbocycles. The van der Waals surface area contributed by atoms with Gasteiger partial charge in [-0.1, -0.05) is 23.2 Å². The van der Waals surface area contributed by atoms with Crippen molar-refractivity contribution in [3.8, 4) is 0 Å². The molecule has 104 valence electrons. The monoisotopic (exact) mass is 303 g/mol. The number of hydrogen-bond acceptors (Lipinski definition) is 4. The SMILES string of the molecule is Nc1c(Cl)cc(C(=O)OCC2CCCCO2)cc1Cl. The zero-order chi connectivity index (χ0) is 13.8. The fourth-order valence-corrected chi connectivity index (χ4v) is 2.38. The average Bonchev–Trinajstić information content (AvgIpc) is 2.42. The third-order valence-electron chi connectivity index (χ3n) is 2.99. The minimum atomic E-state index is -0.474. The summed E-state index contributed by atoms with van der Waals surface area (Å²) >= 11 is 11.7. The van der Waals surface area contributed by atoms with Crippen molar-refractivity contribution in [2.24, 2.45) is 0 Å². The number of carbonyl (C=O) groups excluding carboxylic acids is 1. The van der Waals surface area contributed by atoms with Crippen LogP contribution in [0.4, 0.5) is 5.69 Å². The zero-order valence-electron chi connectivity index (χ0n) is 10.3. The lowest BCUT2D eigenvalue weighted by molar-refractivity contribution is -0.0300. The molecule has 4 nitrogen and oxygen atoms in total. The number of hydrogen-bond donors (Lipinski definition) is 1. The molecule has 1 heterocycles. The van der Waals surface area contributed by atoms with Crippen LogP contribution in [0.1, 0.15) is 29.6 Å². The minimum Gasteiger partial charge on any atom is -0.459 e. The van der Waals surface area contributed by atoms with E-state index in [-0.39, 0.29) is 28.4 Å². The lowest BCUT2D eigenvalue weighted by Crippen LogP contribution is -2.26. The molecule has 19 heavy (non-hydrogen) atoms. The molecular weight excluding hydrogens is 289 g/mol. The number of carbonyl (C=O) groups is 1. The minimum absolute atomic E-state index is 0.0163. The summed E-state index contributed by atoms with van der Waals surface area (Å²) in [5.41, 5.74) is 6.16. The van der Waals surface area contributed by atoms with Crippen molar-refractivity contribution in [1.82, 2.24) is 0 Å². The third kappa shape index (κ3) is 3.75. The van der Waals surface area contributed by atoms with Crippen LogP contribution in [0.25, 0.3) is 0 Å². The molecule has 0 saturated carbocycles. The summed E-state index contributed by atoms with van der Waals surface area (Å²) in [6, 6.07) is 2.90. The molecule has 1 saturated heterocycles. The molecule has 1 aromatic rings. The van der Waals surface area contributed by atoms with E-state index in [0.717, 1.165) is 25.9 Å². The molecule has 0 aliphatic carbocycles. The number of nitrogens with two attached hydrogens (primary N) is 1. The summed E-state index contributed by atoms with van der Waals surface area (Å²) in [4.78, 5) is 11.9. The van der Waals surface area contributed by atoms with Crippen molar-refractivity contribution < 1.29 is 14.3 Å². The molecule has 1 aliphatic heterocycles. The largest absolute Gasteiger partial charge is 0.459 e. The van der Waals surface area contributed by atoms with Crippen LogP contribution in [0, 0.1) is 0 Å². The Morgan fingerprint density at radius 3 is 2.63 bits per heavy atom. The van der Waals surface area contributed by atoms with Crippen molar-refractivity contribution >= 4 is 34.9 Å². The van der Waals surface area contributed by atoms with E-state index in [2.05, 4.69) is 0 Å². The summed E-state index contributed by atoms with van der Waals surface area (Å²) in [6.07, 6.45) is 3.06. The van der Waals surface area contributed by atoms with Crippen LogP contribution in [0.15, 0.2) is 12.1 Å². The van der Waals surface area contributed by atoms with Crippen molar-refractivity contribution in [2.45, 2.75) is 25.4 Å². The van der Waals surface area contributed by atoms with Crippen LogP contribution in [-0.2, 0) is 9.47 Å². The molecule has 1 unspecified atom stereocenters. The quantitative estimate of drug-likeness (QED) is 0.687. The van der Waals surface area contributed by atoms with Crippen LogP contribution in [-0.4, -0.2) is 25.3 Å². The van der Waals surface area contributed by atoms with Crippen LogP contribution >= 0.6 is 23.2 Å². The van der Waals surface area contributed by atoms with Gasteiger partial charge in [-0.2, -0.15) is 0 Å². The molecule has 6 heteroatoms.